The molecular formula is C65H65F2N7O5. The summed E-state index contributed by atoms with van der Waals surface area (Å²) in [6.45, 7) is 11.2. The number of aromatic nitrogens is 2. The third-order valence-electron chi connectivity index (χ3n) is 15.1. The molecule has 0 unspecified atom stereocenters. The lowest BCUT2D eigenvalue weighted by atomic mass is 9.95. The van der Waals surface area contributed by atoms with Crippen LogP contribution >= 0.6 is 0 Å². The summed E-state index contributed by atoms with van der Waals surface area (Å²) in [5.74, 6) is -1.16. The van der Waals surface area contributed by atoms with Gasteiger partial charge in [-0.1, -0.05) is 72.8 Å². The van der Waals surface area contributed by atoms with E-state index in [1.54, 1.807) is 36.8 Å². The number of aryl methyl sites for hydroxylation is 1. The van der Waals surface area contributed by atoms with E-state index < -0.39 is 17.6 Å². The summed E-state index contributed by atoms with van der Waals surface area (Å²) in [4.78, 5) is 43.3. The number of benzene rings is 4. The highest BCUT2D eigenvalue weighted by Gasteiger charge is 2.23. The highest BCUT2D eigenvalue weighted by molar-refractivity contribution is 5.98. The normalized spacial score (nSPS) is 15.5. The number of furan rings is 2. The van der Waals surface area contributed by atoms with E-state index in [1.165, 1.54) is 29.3 Å². The molecule has 0 saturated carbocycles. The molecule has 14 heteroatoms. The molecule has 0 amide bonds. The van der Waals surface area contributed by atoms with E-state index in [-0.39, 0.29) is 23.3 Å². The number of hydrogen-bond acceptors (Lipinski definition) is 11. The zero-order valence-corrected chi connectivity index (χ0v) is 44.7. The lowest BCUT2D eigenvalue weighted by molar-refractivity contribution is 0.0691. The third-order valence-corrected chi connectivity index (χ3v) is 15.1. The molecule has 2 saturated heterocycles. The Kier molecular flexibility index (Phi) is 17.4. The van der Waals surface area contributed by atoms with Crippen molar-refractivity contribution in [3.63, 3.8) is 0 Å². The number of carboxylic acid groups (broad SMARTS) is 1. The van der Waals surface area contributed by atoms with Crippen molar-refractivity contribution in [2.24, 2.45) is 5.73 Å². The average molecular weight is 1060 g/mol. The molecule has 12 nitrogen and oxygen atoms in total. The number of likely N-dealkylation sites (N-methyl/N-ethyl adjacent to an activating group) is 2. The van der Waals surface area contributed by atoms with Crippen molar-refractivity contribution < 1.29 is 32.3 Å². The minimum atomic E-state index is -1.27. The molecule has 0 bridgehead atoms. The molecule has 0 spiro atoms. The van der Waals surface area contributed by atoms with E-state index >= 15 is 0 Å². The Morgan fingerprint density at radius 3 is 1.43 bits per heavy atom. The van der Waals surface area contributed by atoms with Crippen molar-refractivity contribution in [1.82, 2.24) is 29.6 Å². The maximum atomic E-state index is 14.7. The standard InChI is InChI=1S/C33H32FN3O2.C27H26FN3O2.C5H7NO/c1-36-14-16-37(17-15-36)22-23-4-6-24(7-5-23)26-20-29-28(10-12-32(29)35-21-26)25-8-11-31(34)30(19-25)33(38)13-9-27-3-2-18-39-27;1-30-10-12-31(13-11-30)17-18-2-4-19(5-3-18)21-15-23-22(7-9-26(23)29-16-21)20-6-8-25(28)24(14-20)27(32)33;6-4-5-2-1-3-7-5/h2-8,10-11,18-21H,9,12-17,22H2,1H3;2-8,14-16H,9-13,17H2,1H3,(H,32,33);1-3H,4,6H2. The molecule has 2 aliphatic carbocycles. The number of pyridine rings is 2. The quantitative estimate of drug-likeness (QED) is 0.1000. The zero-order valence-electron chi connectivity index (χ0n) is 44.7. The minimum absolute atomic E-state index is 0.119. The van der Waals surface area contributed by atoms with Crippen LogP contribution in [0.5, 0.6) is 0 Å². The number of Topliss-reactive ketones (excluding diaryl/α,β-unsaturated/α-hetero) is 1. The van der Waals surface area contributed by atoms with Crippen LogP contribution in [0.2, 0.25) is 0 Å². The van der Waals surface area contributed by atoms with Gasteiger partial charge < -0.3 is 29.5 Å². The fourth-order valence-electron chi connectivity index (χ4n) is 10.4. The highest BCUT2D eigenvalue weighted by Crippen LogP contribution is 2.37. The molecule has 0 radical (unpaired) electrons. The first kappa shape index (κ1) is 54.4. The Morgan fingerprint density at radius 1 is 0.557 bits per heavy atom. The SMILES string of the molecule is CN1CCN(Cc2ccc(-c3cnc4c(c3)C(c3ccc(F)c(C(=O)CCc5ccco5)c3)=CC4)cc2)CC1.CN1CCN(Cc2ccc(-c3cnc4c(c3)C(c3ccc(F)c(C(=O)O)c3)=CC4)cc2)CC1.NCc1ccco1. The molecule has 8 aromatic rings. The van der Waals surface area contributed by atoms with Gasteiger partial charge in [0.05, 0.1) is 41.6 Å². The van der Waals surface area contributed by atoms with E-state index in [4.69, 9.17) is 19.6 Å². The lowest BCUT2D eigenvalue weighted by Gasteiger charge is -2.32. The number of nitrogens with zero attached hydrogens (tertiary/aromatic N) is 6. The number of carboxylic acids is 1. The number of piperazine rings is 2. The number of ketones is 1. The Morgan fingerprint density at radius 2 is 1.00 bits per heavy atom. The zero-order chi connectivity index (χ0) is 54.8. The van der Waals surface area contributed by atoms with Crippen LogP contribution in [0.3, 0.4) is 0 Å². The number of nitrogens with two attached hydrogens (primary N) is 1. The van der Waals surface area contributed by atoms with E-state index in [0.717, 1.165) is 138 Å². The maximum Gasteiger partial charge on any atom is 0.338 e. The summed E-state index contributed by atoms with van der Waals surface area (Å²) in [5, 5.41) is 9.28. The van der Waals surface area contributed by atoms with Gasteiger partial charge in [-0.15, -0.1) is 0 Å². The fraction of sp³-hybridized carbons (Fsp3) is 0.262. The Balaban J connectivity index is 0.000000160. The van der Waals surface area contributed by atoms with E-state index in [0.29, 0.717) is 31.4 Å². The van der Waals surface area contributed by atoms with Crippen molar-refractivity contribution in [2.75, 3.05) is 66.5 Å². The van der Waals surface area contributed by atoms with E-state index in [1.807, 2.05) is 36.7 Å². The van der Waals surface area contributed by atoms with Crippen LogP contribution in [0.1, 0.15) is 83.4 Å². The molecular weight excluding hydrogens is 997 g/mol. The van der Waals surface area contributed by atoms with Crippen LogP contribution in [0, 0.1) is 11.6 Å². The number of aromatic carboxylic acids is 1. The summed E-state index contributed by atoms with van der Waals surface area (Å²) in [5.41, 5.74) is 19.2. The van der Waals surface area contributed by atoms with Gasteiger partial charge in [-0.05, 0) is 119 Å². The first-order chi connectivity index (χ1) is 38.4. The molecule has 2 fully saturated rings. The number of rotatable bonds is 14. The summed E-state index contributed by atoms with van der Waals surface area (Å²) in [7, 11) is 4.34. The Hall–Kier alpha value is -7.98. The summed E-state index contributed by atoms with van der Waals surface area (Å²) in [6.07, 6.45) is 13.2. The van der Waals surface area contributed by atoms with Gasteiger partial charge in [0.25, 0.3) is 0 Å². The molecule has 12 rings (SSSR count). The maximum absolute atomic E-state index is 14.7. The predicted molar refractivity (Wildman–Crippen MR) is 304 cm³/mol. The van der Waals surface area contributed by atoms with Gasteiger partial charge in [-0.25, -0.2) is 13.6 Å². The molecule has 3 N–H and O–H groups in total. The Bertz CT molecular complexity index is 3450. The van der Waals surface area contributed by atoms with Crippen LogP contribution in [0.4, 0.5) is 8.78 Å². The smallest absolute Gasteiger partial charge is 0.338 e. The minimum Gasteiger partial charge on any atom is -0.478 e. The molecule has 2 aliphatic heterocycles. The van der Waals surface area contributed by atoms with Gasteiger partial charge in [0, 0.05) is 126 Å². The molecule has 79 heavy (non-hydrogen) atoms. The predicted octanol–water partition coefficient (Wildman–Crippen LogP) is 11.1. The number of fused-ring (bicyclic) bond motifs is 2. The Labute approximate surface area is 460 Å². The van der Waals surface area contributed by atoms with Crippen molar-refractivity contribution in [2.45, 2.75) is 45.3 Å². The summed E-state index contributed by atoms with van der Waals surface area (Å²) >= 11 is 0. The van der Waals surface area contributed by atoms with Crippen LogP contribution in [-0.4, -0.2) is 113 Å². The second-order valence-electron chi connectivity index (χ2n) is 20.6. The van der Waals surface area contributed by atoms with E-state index in [9.17, 15) is 23.5 Å². The largest absolute Gasteiger partial charge is 0.478 e. The number of halogens is 2. The lowest BCUT2D eigenvalue weighted by Crippen LogP contribution is -2.43. The topological polar surface area (TPSA) is 145 Å². The van der Waals surface area contributed by atoms with Crippen LogP contribution in [0.25, 0.3) is 33.4 Å². The number of carbonyl (C=O) groups excluding carboxylic acids is 1. The van der Waals surface area contributed by atoms with Crippen LogP contribution in [-0.2, 0) is 38.9 Å². The van der Waals surface area contributed by atoms with Gasteiger partial charge in [-0.2, -0.15) is 0 Å². The van der Waals surface area contributed by atoms with Crippen LogP contribution in [0.15, 0.2) is 167 Å². The number of hydrogen-bond donors (Lipinski definition) is 2. The van der Waals surface area contributed by atoms with Crippen molar-refractivity contribution in [3.05, 3.63) is 237 Å². The summed E-state index contributed by atoms with van der Waals surface area (Å²) in [6, 6.07) is 38.0. The number of carbonyl (C=O) groups is 2. The first-order valence-corrected chi connectivity index (χ1v) is 26.9. The van der Waals surface area contributed by atoms with Crippen molar-refractivity contribution >= 4 is 22.9 Å². The van der Waals surface area contributed by atoms with Gasteiger partial charge in [0.2, 0.25) is 0 Å². The molecule has 404 valence electrons. The van der Waals surface area contributed by atoms with Crippen molar-refractivity contribution in [1.29, 1.82) is 0 Å². The first-order valence-electron chi connectivity index (χ1n) is 26.9. The average Bonchev–Trinajstić information content (AvgIpc) is 4.34. The molecule has 0 atom stereocenters. The monoisotopic (exact) mass is 1060 g/mol. The molecule has 4 aromatic heterocycles. The third kappa shape index (κ3) is 13.5. The highest BCUT2D eigenvalue weighted by atomic mass is 19.1. The van der Waals surface area contributed by atoms with Gasteiger partial charge >= 0.3 is 5.97 Å². The molecule has 4 aromatic carbocycles. The second kappa shape index (κ2) is 25.2. The van der Waals surface area contributed by atoms with Gasteiger partial charge in [0.15, 0.2) is 5.78 Å². The molecule has 4 aliphatic rings. The summed E-state index contributed by atoms with van der Waals surface area (Å²) < 4.78 is 38.7. The molecule has 6 heterocycles. The van der Waals surface area contributed by atoms with Gasteiger partial charge in [0.1, 0.15) is 23.2 Å². The van der Waals surface area contributed by atoms with Gasteiger partial charge in [-0.3, -0.25) is 24.6 Å². The second-order valence-corrected chi connectivity index (χ2v) is 20.6. The van der Waals surface area contributed by atoms with Crippen molar-refractivity contribution in [3.8, 4) is 22.3 Å². The van der Waals surface area contributed by atoms with E-state index in [2.05, 4.69) is 105 Å². The number of allylic oxidation sites excluding steroid dienone is 2. The van der Waals surface area contributed by atoms with Crippen LogP contribution < -0.4 is 5.73 Å². The fourth-order valence-corrected chi connectivity index (χ4v) is 10.4.